The van der Waals surface area contributed by atoms with Gasteiger partial charge in [-0.25, -0.2) is 4.98 Å². The first kappa shape index (κ1) is 8.85. The van der Waals surface area contributed by atoms with E-state index in [4.69, 9.17) is 5.73 Å². The van der Waals surface area contributed by atoms with Crippen molar-refractivity contribution in [2.75, 3.05) is 6.54 Å². The van der Waals surface area contributed by atoms with Crippen molar-refractivity contribution >= 4 is 5.65 Å². The third-order valence-electron chi connectivity index (χ3n) is 3.56. The van der Waals surface area contributed by atoms with Gasteiger partial charge in [-0.1, -0.05) is 6.42 Å². The molecule has 2 aromatic rings. The van der Waals surface area contributed by atoms with E-state index >= 15 is 0 Å². The molecule has 0 spiro atoms. The molecule has 0 atom stereocenters. The number of hydrogen-bond donors (Lipinski definition) is 1. The van der Waals surface area contributed by atoms with Gasteiger partial charge in [0.2, 0.25) is 0 Å². The fourth-order valence-corrected chi connectivity index (χ4v) is 2.40. The summed E-state index contributed by atoms with van der Waals surface area (Å²) >= 11 is 0. The second-order valence-corrected chi connectivity index (χ2v) is 4.29. The molecule has 2 aromatic heterocycles. The quantitative estimate of drug-likeness (QED) is 0.793. The molecule has 4 nitrogen and oxygen atoms in total. The Bertz CT molecular complexity index is 479. The van der Waals surface area contributed by atoms with E-state index < -0.39 is 0 Å². The van der Waals surface area contributed by atoms with Gasteiger partial charge in [-0.05, 0) is 12.8 Å². The molecular formula is C11H14N4. The lowest BCUT2D eigenvalue weighted by molar-refractivity contribution is 0.244. The molecule has 0 bridgehead atoms. The van der Waals surface area contributed by atoms with Crippen molar-refractivity contribution in [3.63, 3.8) is 0 Å². The lowest BCUT2D eigenvalue weighted by Crippen LogP contribution is -2.42. The highest BCUT2D eigenvalue weighted by Gasteiger charge is 2.39. The van der Waals surface area contributed by atoms with Crippen LogP contribution in [-0.4, -0.2) is 20.9 Å². The first-order valence-corrected chi connectivity index (χ1v) is 5.33. The van der Waals surface area contributed by atoms with E-state index in [1.807, 2.05) is 12.4 Å². The van der Waals surface area contributed by atoms with Gasteiger partial charge in [-0.3, -0.25) is 4.98 Å². The van der Waals surface area contributed by atoms with Crippen LogP contribution in [-0.2, 0) is 5.41 Å². The van der Waals surface area contributed by atoms with Gasteiger partial charge in [0.05, 0.1) is 6.20 Å². The highest BCUT2D eigenvalue weighted by atomic mass is 15.0. The summed E-state index contributed by atoms with van der Waals surface area (Å²) in [6.07, 6.45) is 11.1. The van der Waals surface area contributed by atoms with Crippen LogP contribution in [0.15, 0.2) is 24.8 Å². The molecule has 1 saturated carbocycles. The van der Waals surface area contributed by atoms with Crippen molar-refractivity contribution in [3.05, 3.63) is 30.5 Å². The molecule has 0 aromatic carbocycles. The summed E-state index contributed by atoms with van der Waals surface area (Å²) in [5.41, 5.74) is 8.22. The highest BCUT2D eigenvalue weighted by molar-refractivity contribution is 5.40. The molecule has 15 heavy (non-hydrogen) atoms. The normalized spacial score (nSPS) is 19.0. The summed E-state index contributed by atoms with van der Waals surface area (Å²) < 4.78 is 2.11. The van der Waals surface area contributed by atoms with Gasteiger partial charge >= 0.3 is 0 Å². The van der Waals surface area contributed by atoms with Crippen LogP contribution in [0.5, 0.6) is 0 Å². The van der Waals surface area contributed by atoms with Crippen LogP contribution in [0.2, 0.25) is 0 Å². The van der Waals surface area contributed by atoms with Gasteiger partial charge in [0.25, 0.3) is 0 Å². The molecule has 0 saturated heterocycles. The summed E-state index contributed by atoms with van der Waals surface area (Å²) in [5.74, 6) is 0. The zero-order chi connectivity index (χ0) is 10.3. The van der Waals surface area contributed by atoms with Crippen molar-refractivity contribution in [2.45, 2.75) is 24.7 Å². The molecule has 4 heteroatoms. The van der Waals surface area contributed by atoms with E-state index in [1.165, 1.54) is 25.0 Å². The Labute approximate surface area is 88.1 Å². The number of rotatable bonds is 2. The Morgan fingerprint density at radius 2 is 2.27 bits per heavy atom. The first-order valence-electron chi connectivity index (χ1n) is 5.33. The smallest absolute Gasteiger partial charge is 0.155 e. The Balaban J connectivity index is 2.18. The lowest BCUT2D eigenvalue weighted by atomic mass is 9.67. The number of imidazole rings is 1. The summed E-state index contributed by atoms with van der Waals surface area (Å²) in [7, 11) is 0. The van der Waals surface area contributed by atoms with Crippen LogP contribution in [0.3, 0.4) is 0 Å². The molecule has 1 fully saturated rings. The monoisotopic (exact) mass is 202 g/mol. The minimum Gasteiger partial charge on any atom is -0.330 e. The topological polar surface area (TPSA) is 56.2 Å². The highest BCUT2D eigenvalue weighted by Crippen LogP contribution is 2.42. The number of aromatic nitrogens is 3. The average molecular weight is 202 g/mol. The van der Waals surface area contributed by atoms with Crippen molar-refractivity contribution in [1.29, 1.82) is 0 Å². The second-order valence-electron chi connectivity index (χ2n) is 4.29. The fraction of sp³-hybridized carbons (Fsp3) is 0.455. The number of hydrogen-bond acceptors (Lipinski definition) is 3. The molecule has 1 aliphatic rings. The van der Waals surface area contributed by atoms with Gasteiger partial charge in [-0.15, -0.1) is 0 Å². The summed E-state index contributed by atoms with van der Waals surface area (Å²) in [6, 6.07) is 0. The minimum absolute atomic E-state index is 0.167. The van der Waals surface area contributed by atoms with Gasteiger partial charge in [0.15, 0.2) is 5.65 Å². The van der Waals surface area contributed by atoms with Gasteiger partial charge in [0, 0.05) is 36.2 Å². The number of nitrogens with zero attached hydrogens (tertiary/aromatic N) is 3. The van der Waals surface area contributed by atoms with Crippen LogP contribution in [0.1, 0.15) is 25.0 Å². The van der Waals surface area contributed by atoms with Crippen molar-refractivity contribution in [3.8, 4) is 0 Å². The SMILES string of the molecule is NCC1(c2cnc3cnccn23)CCC1. The Morgan fingerprint density at radius 3 is 2.93 bits per heavy atom. The summed E-state index contributed by atoms with van der Waals surface area (Å²) in [6.45, 7) is 0.711. The van der Waals surface area contributed by atoms with Crippen LogP contribution in [0.25, 0.3) is 5.65 Å². The zero-order valence-corrected chi connectivity index (χ0v) is 8.56. The molecule has 2 N–H and O–H groups in total. The fourth-order valence-electron chi connectivity index (χ4n) is 2.40. The predicted octanol–water partition coefficient (Wildman–Crippen LogP) is 1.11. The van der Waals surface area contributed by atoms with E-state index in [2.05, 4.69) is 14.4 Å². The lowest BCUT2D eigenvalue weighted by Gasteiger charge is -2.40. The van der Waals surface area contributed by atoms with Crippen molar-refractivity contribution in [2.24, 2.45) is 5.73 Å². The standard InChI is InChI=1S/C11H14N4/c12-8-11(2-1-3-11)9-6-14-10-7-13-4-5-15(9)10/h4-7H,1-3,8,12H2. The molecule has 0 unspecified atom stereocenters. The maximum Gasteiger partial charge on any atom is 0.155 e. The third kappa shape index (κ3) is 1.11. The predicted molar refractivity (Wildman–Crippen MR) is 57.6 cm³/mol. The first-order chi connectivity index (χ1) is 7.36. The molecule has 0 amide bonds. The molecule has 0 aliphatic heterocycles. The molecular weight excluding hydrogens is 188 g/mol. The van der Waals surface area contributed by atoms with Crippen LogP contribution in [0.4, 0.5) is 0 Å². The Morgan fingerprint density at radius 1 is 1.40 bits per heavy atom. The van der Waals surface area contributed by atoms with Gasteiger partial charge in [-0.2, -0.15) is 0 Å². The van der Waals surface area contributed by atoms with E-state index in [-0.39, 0.29) is 5.41 Å². The van der Waals surface area contributed by atoms with Gasteiger partial charge < -0.3 is 10.1 Å². The molecule has 0 radical (unpaired) electrons. The van der Waals surface area contributed by atoms with E-state index in [0.29, 0.717) is 6.54 Å². The van der Waals surface area contributed by atoms with Crippen molar-refractivity contribution < 1.29 is 0 Å². The summed E-state index contributed by atoms with van der Waals surface area (Å²) in [5, 5.41) is 0. The van der Waals surface area contributed by atoms with Crippen LogP contribution in [0, 0.1) is 0 Å². The van der Waals surface area contributed by atoms with Crippen LogP contribution >= 0.6 is 0 Å². The van der Waals surface area contributed by atoms with Crippen LogP contribution < -0.4 is 5.73 Å². The third-order valence-corrected chi connectivity index (χ3v) is 3.56. The van der Waals surface area contributed by atoms with E-state index in [9.17, 15) is 0 Å². The largest absolute Gasteiger partial charge is 0.330 e. The molecule has 2 heterocycles. The molecule has 3 rings (SSSR count). The summed E-state index contributed by atoms with van der Waals surface area (Å²) in [4.78, 5) is 8.42. The molecule has 1 aliphatic carbocycles. The average Bonchev–Trinajstić information content (AvgIpc) is 2.62. The van der Waals surface area contributed by atoms with Gasteiger partial charge in [0.1, 0.15) is 0 Å². The van der Waals surface area contributed by atoms with E-state index in [1.54, 1.807) is 12.4 Å². The minimum atomic E-state index is 0.167. The number of nitrogens with two attached hydrogens (primary N) is 1. The Hall–Kier alpha value is -1.42. The maximum absolute atomic E-state index is 5.89. The zero-order valence-electron chi connectivity index (χ0n) is 8.56. The Kier molecular flexibility index (Phi) is 1.79. The molecule has 78 valence electrons. The second kappa shape index (κ2) is 3.03. The van der Waals surface area contributed by atoms with E-state index in [0.717, 1.165) is 5.65 Å². The number of fused-ring (bicyclic) bond motifs is 1. The van der Waals surface area contributed by atoms with Crippen molar-refractivity contribution in [1.82, 2.24) is 14.4 Å². The maximum atomic E-state index is 5.89.